The highest BCUT2D eigenvalue weighted by Gasteiger charge is 2.25. The maximum atomic E-state index is 11.1. The van der Waals surface area contributed by atoms with Gasteiger partial charge in [-0.05, 0) is 25.3 Å². The Morgan fingerprint density at radius 3 is 2.56 bits per heavy atom. The van der Waals surface area contributed by atoms with Crippen LogP contribution in [0.1, 0.15) is 25.3 Å². The molecule has 1 saturated heterocycles. The second kappa shape index (κ2) is 11.8. The standard InChI is InChI=1S/C18H31N5O2S.HI/c1-15-13-17(9-12-23(15)14-16-7-5-4-6-8-16)22-18(19-2)20-10-11-21-26(3,24)25;/h4-8,15,17,21H,9-14H2,1-3H3,(H2,19,20,22);1H. The minimum atomic E-state index is -3.15. The number of hydrogen-bond acceptors (Lipinski definition) is 4. The van der Waals surface area contributed by atoms with Crippen LogP contribution in [0.4, 0.5) is 0 Å². The number of likely N-dealkylation sites (tertiary alicyclic amines) is 1. The van der Waals surface area contributed by atoms with E-state index in [4.69, 9.17) is 0 Å². The van der Waals surface area contributed by atoms with Crippen LogP contribution in [0.2, 0.25) is 0 Å². The average molecular weight is 509 g/mol. The van der Waals surface area contributed by atoms with E-state index in [2.05, 4.69) is 56.4 Å². The lowest BCUT2D eigenvalue weighted by molar-refractivity contribution is 0.134. The molecule has 27 heavy (non-hydrogen) atoms. The largest absolute Gasteiger partial charge is 0.355 e. The van der Waals surface area contributed by atoms with Gasteiger partial charge in [0.25, 0.3) is 0 Å². The summed E-state index contributed by atoms with van der Waals surface area (Å²) in [5, 5.41) is 6.61. The Labute approximate surface area is 180 Å². The fraction of sp³-hybridized carbons (Fsp3) is 0.611. The zero-order valence-electron chi connectivity index (χ0n) is 16.3. The lowest BCUT2D eigenvalue weighted by Gasteiger charge is -2.38. The molecule has 1 aliphatic heterocycles. The van der Waals surface area contributed by atoms with Crippen molar-refractivity contribution in [3.63, 3.8) is 0 Å². The molecule has 1 heterocycles. The Morgan fingerprint density at radius 1 is 1.26 bits per heavy atom. The number of aliphatic imine (C=N–C) groups is 1. The van der Waals surface area contributed by atoms with Crippen molar-refractivity contribution in [2.75, 3.05) is 32.9 Å². The van der Waals surface area contributed by atoms with E-state index >= 15 is 0 Å². The van der Waals surface area contributed by atoms with Gasteiger partial charge in [0.05, 0.1) is 6.26 Å². The van der Waals surface area contributed by atoms with E-state index in [0.717, 1.165) is 32.2 Å². The Hall–Kier alpha value is -0.910. The van der Waals surface area contributed by atoms with Crippen LogP contribution in [0.5, 0.6) is 0 Å². The van der Waals surface area contributed by atoms with Gasteiger partial charge < -0.3 is 10.6 Å². The molecule has 0 aromatic heterocycles. The van der Waals surface area contributed by atoms with Crippen molar-refractivity contribution in [1.82, 2.24) is 20.3 Å². The van der Waals surface area contributed by atoms with Crippen LogP contribution in [-0.2, 0) is 16.6 Å². The molecule has 0 spiro atoms. The van der Waals surface area contributed by atoms with Crippen LogP contribution >= 0.6 is 24.0 Å². The van der Waals surface area contributed by atoms with Crippen LogP contribution < -0.4 is 15.4 Å². The SMILES string of the molecule is CN=C(NCCNS(C)(=O)=O)NC1CCN(Cc2ccccc2)C(C)C1.I. The number of hydrogen-bond donors (Lipinski definition) is 3. The molecule has 1 fully saturated rings. The van der Waals surface area contributed by atoms with E-state index in [1.807, 2.05) is 6.07 Å². The van der Waals surface area contributed by atoms with Gasteiger partial charge >= 0.3 is 0 Å². The minimum Gasteiger partial charge on any atom is -0.355 e. The van der Waals surface area contributed by atoms with Gasteiger partial charge in [-0.1, -0.05) is 30.3 Å². The van der Waals surface area contributed by atoms with Gasteiger partial charge in [0, 0.05) is 45.3 Å². The van der Waals surface area contributed by atoms with Gasteiger partial charge in [-0.15, -0.1) is 24.0 Å². The molecule has 7 nitrogen and oxygen atoms in total. The van der Waals surface area contributed by atoms with E-state index in [1.54, 1.807) is 7.05 Å². The maximum Gasteiger partial charge on any atom is 0.208 e. The van der Waals surface area contributed by atoms with Crippen LogP contribution in [-0.4, -0.2) is 64.3 Å². The first-order valence-corrected chi connectivity index (χ1v) is 11.0. The van der Waals surface area contributed by atoms with Crippen LogP contribution in [0.25, 0.3) is 0 Å². The zero-order chi connectivity index (χ0) is 19.0. The second-order valence-corrected chi connectivity index (χ2v) is 8.67. The number of rotatable bonds is 7. The molecule has 0 radical (unpaired) electrons. The third-order valence-electron chi connectivity index (χ3n) is 4.59. The third-order valence-corrected chi connectivity index (χ3v) is 5.32. The highest BCUT2D eigenvalue weighted by atomic mass is 127. The molecule has 1 aliphatic rings. The molecule has 0 bridgehead atoms. The number of benzene rings is 1. The Morgan fingerprint density at radius 2 is 1.96 bits per heavy atom. The molecule has 9 heteroatoms. The summed E-state index contributed by atoms with van der Waals surface area (Å²) in [7, 11) is -1.42. The summed E-state index contributed by atoms with van der Waals surface area (Å²) in [6, 6.07) is 11.4. The third kappa shape index (κ3) is 9.22. The molecule has 154 valence electrons. The predicted octanol–water partition coefficient (Wildman–Crippen LogP) is 1.37. The summed E-state index contributed by atoms with van der Waals surface area (Å²) in [4.78, 5) is 6.75. The molecule has 2 unspecified atom stereocenters. The van der Waals surface area contributed by atoms with Gasteiger partial charge in [-0.25, -0.2) is 13.1 Å². The fourth-order valence-electron chi connectivity index (χ4n) is 3.21. The Kier molecular flexibility index (Phi) is 10.6. The lowest BCUT2D eigenvalue weighted by Crippen LogP contribution is -2.51. The predicted molar refractivity (Wildman–Crippen MR) is 122 cm³/mol. The van der Waals surface area contributed by atoms with Gasteiger partial charge in [0.15, 0.2) is 5.96 Å². The second-order valence-electron chi connectivity index (χ2n) is 6.84. The average Bonchev–Trinajstić information content (AvgIpc) is 2.60. The van der Waals surface area contributed by atoms with Gasteiger partial charge in [0.1, 0.15) is 0 Å². The molecular formula is C18H32IN5O2S. The van der Waals surface area contributed by atoms with Gasteiger partial charge in [0.2, 0.25) is 10.0 Å². The first kappa shape index (κ1) is 24.1. The highest BCUT2D eigenvalue weighted by Crippen LogP contribution is 2.19. The fourth-order valence-corrected chi connectivity index (χ4v) is 3.68. The van der Waals surface area contributed by atoms with Gasteiger partial charge in [-0.2, -0.15) is 0 Å². The van der Waals surface area contributed by atoms with Crippen molar-refractivity contribution in [2.45, 2.75) is 38.4 Å². The maximum absolute atomic E-state index is 11.1. The van der Waals surface area contributed by atoms with Gasteiger partial charge in [-0.3, -0.25) is 9.89 Å². The normalized spacial score (nSPS) is 21.4. The topological polar surface area (TPSA) is 85.8 Å². The summed E-state index contributed by atoms with van der Waals surface area (Å²) in [5.41, 5.74) is 1.35. The quantitative estimate of drug-likeness (QED) is 0.224. The summed E-state index contributed by atoms with van der Waals surface area (Å²) < 4.78 is 24.6. The van der Waals surface area contributed by atoms with Crippen LogP contribution in [0.3, 0.4) is 0 Å². The van der Waals surface area contributed by atoms with Crippen molar-refractivity contribution in [3.05, 3.63) is 35.9 Å². The molecule has 1 aromatic carbocycles. The zero-order valence-corrected chi connectivity index (χ0v) is 19.5. The van der Waals surface area contributed by atoms with E-state index < -0.39 is 10.0 Å². The number of guanidine groups is 1. The van der Waals surface area contributed by atoms with Crippen molar-refractivity contribution >= 4 is 40.0 Å². The lowest BCUT2D eigenvalue weighted by atomic mass is 9.97. The van der Waals surface area contributed by atoms with Crippen LogP contribution in [0, 0.1) is 0 Å². The summed E-state index contributed by atoms with van der Waals surface area (Å²) in [5.74, 6) is 0.717. The van der Waals surface area contributed by atoms with E-state index in [0.29, 0.717) is 31.1 Å². The van der Waals surface area contributed by atoms with Crippen molar-refractivity contribution < 1.29 is 8.42 Å². The Balaban J connectivity index is 0.00000364. The molecule has 0 aliphatic carbocycles. The number of sulfonamides is 1. The van der Waals surface area contributed by atoms with E-state index in [1.165, 1.54) is 5.56 Å². The van der Waals surface area contributed by atoms with Crippen molar-refractivity contribution in [2.24, 2.45) is 4.99 Å². The van der Waals surface area contributed by atoms with E-state index in [9.17, 15) is 8.42 Å². The Bertz CT molecular complexity index is 684. The molecule has 0 saturated carbocycles. The summed E-state index contributed by atoms with van der Waals surface area (Å²) in [6.45, 7) is 5.13. The molecule has 1 aromatic rings. The number of halogens is 1. The number of nitrogens with zero attached hydrogens (tertiary/aromatic N) is 2. The molecule has 0 amide bonds. The molecule has 2 atom stereocenters. The molecule has 3 N–H and O–H groups in total. The number of piperidine rings is 1. The van der Waals surface area contributed by atoms with E-state index in [-0.39, 0.29) is 24.0 Å². The minimum absolute atomic E-state index is 0. The van der Waals surface area contributed by atoms with Crippen LogP contribution in [0.15, 0.2) is 35.3 Å². The smallest absolute Gasteiger partial charge is 0.208 e. The van der Waals surface area contributed by atoms with Crippen molar-refractivity contribution in [1.29, 1.82) is 0 Å². The first-order valence-electron chi connectivity index (χ1n) is 9.07. The highest BCUT2D eigenvalue weighted by molar-refractivity contribution is 14.0. The molecular weight excluding hydrogens is 477 g/mol. The number of nitrogens with one attached hydrogen (secondary N) is 3. The summed E-state index contributed by atoms with van der Waals surface area (Å²) >= 11 is 0. The molecule has 2 rings (SSSR count). The summed E-state index contributed by atoms with van der Waals surface area (Å²) in [6.07, 6.45) is 3.26. The first-order chi connectivity index (χ1) is 12.4. The monoisotopic (exact) mass is 509 g/mol. The van der Waals surface area contributed by atoms with Crippen molar-refractivity contribution in [3.8, 4) is 0 Å².